The lowest BCUT2D eigenvalue weighted by atomic mass is 9.98. The number of piperidine rings is 1. The quantitative estimate of drug-likeness (QED) is 0.221. The minimum absolute atomic E-state index is 0.00258. The van der Waals surface area contributed by atoms with Crippen LogP contribution in [0.3, 0.4) is 0 Å². The van der Waals surface area contributed by atoms with Crippen LogP contribution in [0.15, 0.2) is 108 Å². The predicted molar refractivity (Wildman–Crippen MR) is 181 cm³/mol. The highest BCUT2D eigenvalue weighted by Gasteiger charge is 2.41. The van der Waals surface area contributed by atoms with Gasteiger partial charge in [0, 0.05) is 51.0 Å². The van der Waals surface area contributed by atoms with Crippen molar-refractivity contribution < 1.29 is 32.5 Å². The van der Waals surface area contributed by atoms with Gasteiger partial charge >= 0.3 is 0 Å². The minimum atomic E-state index is -3.60. The van der Waals surface area contributed by atoms with E-state index in [1.165, 1.54) is 0 Å². The number of benzene rings is 4. The first-order valence-electron chi connectivity index (χ1n) is 16.6. The van der Waals surface area contributed by atoms with Crippen molar-refractivity contribution >= 4 is 10.0 Å². The minimum Gasteiger partial charge on any atom is -0.392 e. The van der Waals surface area contributed by atoms with Gasteiger partial charge in [0.15, 0.2) is 12.1 Å². The molecule has 3 saturated heterocycles. The molecule has 0 radical (unpaired) electrons. The molecule has 1 spiro atoms. The van der Waals surface area contributed by atoms with Crippen LogP contribution in [0.4, 0.5) is 0 Å². The van der Waals surface area contributed by atoms with E-state index in [9.17, 15) is 13.5 Å². The molecule has 0 aromatic heterocycles. The van der Waals surface area contributed by atoms with Gasteiger partial charge in [-0.2, -0.15) is 0 Å². The van der Waals surface area contributed by atoms with Gasteiger partial charge in [-0.25, -0.2) is 13.1 Å². The molecule has 2 N–H and O–H groups in total. The van der Waals surface area contributed by atoms with Crippen LogP contribution in [0, 0.1) is 0 Å². The maximum absolute atomic E-state index is 12.7. The zero-order valence-electron chi connectivity index (χ0n) is 26.9. The molecule has 9 nitrogen and oxygen atoms in total. The zero-order chi connectivity index (χ0) is 33.0. The Kier molecular flexibility index (Phi) is 10.0. The van der Waals surface area contributed by atoms with Gasteiger partial charge in [-0.05, 0) is 46.0 Å². The van der Waals surface area contributed by atoms with E-state index in [0.717, 1.165) is 72.3 Å². The van der Waals surface area contributed by atoms with E-state index in [0.29, 0.717) is 13.2 Å². The molecule has 10 heteroatoms. The molecule has 3 fully saturated rings. The number of hydrogen-bond acceptors (Lipinski definition) is 8. The summed E-state index contributed by atoms with van der Waals surface area (Å²) in [5.41, 5.74) is 5.72. The Morgan fingerprint density at radius 1 is 0.771 bits per heavy atom. The van der Waals surface area contributed by atoms with Gasteiger partial charge in [0.2, 0.25) is 10.0 Å². The van der Waals surface area contributed by atoms with E-state index in [-0.39, 0.29) is 30.3 Å². The van der Waals surface area contributed by atoms with Crippen LogP contribution in [0.2, 0.25) is 0 Å². The summed E-state index contributed by atoms with van der Waals surface area (Å²) >= 11 is 0. The van der Waals surface area contributed by atoms with Gasteiger partial charge in [-0.1, -0.05) is 84.9 Å². The van der Waals surface area contributed by atoms with Crippen LogP contribution in [0.5, 0.6) is 0 Å². The molecular weight excluding hydrogens is 628 g/mol. The first-order chi connectivity index (χ1) is 23.4. The highest BCUT2D eigenvalue weighted by atomic mass is 32.2. The molecule has 3 atom stereocenters. The summed E-state index contributed by atoms with van der Waals surface area (Å²) in [7, 11) is -3.60. The monoisotopic (exact) mass is 670 g/mol. The SMILES string of the molecule is O=S(=O)(NCc1cccc(-c2ccc([C@H]3O[C@@H](CN4CCC5(CC4)OCCO5)C[C@@H](c4ccc(CO)cc4)O3)cc2)c1)c1ccccc1. The zero-order valence-corrected chi connectivity index (χ0v) is 27.7. The number of hydrogen-bond donors (Lipinski definition) is 2. The number of aliphatic hydroxyl groups excluding tert-OH is 1. The summed E-state index contributed by atoms with van der Waals surface area (Å²) in [4.78, 5) is 2.68. The number of rotatable bonds is 10. The topological polar surface area (TPSA) is 107 Å². The fourth-order valence-corrected chi connectivity index (χ4v) is 7.78. The second kappa shape index (κ2) is 14.6. The second-order valence-electron chi connectivity index (χ2n) is 12.7. The lowest BCUT2D eigenvalue weighted by molar-refractivity contribution is -0.255. The lowest BCUT2D eigenvalue weighted by Crippen LogP contribution is -2.48. The highest BCUT2D eigenvalue weighted by Crippen LogP contribution is 2.39. The standard InChI is InChI=1S/C38H42N2O7S/c41-27-28-9-11-31(12-10-28)36-24-34(26-40-19-17-38(18-20-40)44-21-22-45-38)46-37(47-36)32-15-13-30(14-16-32)33-6-4-5-29(23-33)25-39-48(42,43)35-7-2-1-3-8-35/h1-16,23,34,36-37,39,41H,17-22,24-27H2/t34-,36+,37+/m1/s1. The van der Waals surface area contributed by atoms with Crippen molar-refractivity contribution in [1.29, 1.82) is 0 Å². The summed E-state index contributed by atoms with van der Waals surface area (Å²) in [5, 5.41) is 9.55. The number of nitrogens with one attached hydrogen (secondary N) is 1. The van der Waals surface area contributed by atoms with Crippen LogP contribution in [0.25, 0.3) is 11.1 Å². The number of aliphatic hydroxyl groups is 1. The van der Waals surface area contributed by atoms with Crippen molar-refractivity contribution in [2.75, 3.05) is 32.8 Å². The molecule has 3 heterocycles. The fourth-order valence-electron chi connectivity index (χ4n) is 6.74. The lowest BCUT2D eigenvalue weighted by Gasteiger charge is -2.41. The molecule has 7 rings (SSSR count). The number of nitrogens with zero attached hydrogens (tertiary/aromatic N) is 1. The normalized spacial score (nSPS) is 23.0. The summed E-state index contributed by atoms with van der Waals surface area (Å²) in [6, 6.07) is 32.4. The molecule has 0 unspecified atom stereocenters. The van der Waals surface area contributed by atoms with Crippen LogP contribution < -0.4 is 4.72 Å². The number of ether oxygens (including phenoxy) is 4. The van der Waals surface area contributed by atoms with Crippen LogP contribution in [0.1, 0.15) is 53.9 Å². The molecule has 0 aliphatic carbocycles. The summed E-state index contributed by atoms with van der Waals surface area (Å²) in [6.07, 6.45) is 1.69. The van der Waals surface area contributed by atoms with Crippen LogP contribution >= 0.6 is 0 Å². The Balaban J connectivity index is 1.04. The van der Waals surface area contributed by atoms with Crippen LogP contribution in [-0.2, 0) is 42.1 Å². The number of likely N-dealkylation sites (tertiary alicyclic amines) is 1. The van der Waals surface area contributed by atoms with Crippen molar-refractivity contribution in [1.82, 2.24) is 9.62 Å². The average Bonchev–Trinajstić information content (AvgIpc) is 3.60. The fraction of sp³-hybridized carbons (Fsp3) is 0.368. The first-order valence-corrected chi connectivity index (χ1v) is 18.1. The van der Waals surface area contributed by atoms with Gasteiger partial charge in [0.05, 0.1) is 36.9 Å². The molecule has 3 aliphatic rings. The van der Waals surface area contributed by atoms with Crippen molar-refractivity contribution in [3.63, 3.8) is 0 Å². The summed E-state index contributed by atoms with van der Waals surface area (Å²) in [5.74, 6) is -0.413. The Labute approximate surface area is 282 Å². The molecule has 0 saturated carbocycles. The Hall–Kier alpha value is -3.45. The largest absolute Gasteiger partial charge is 0.392 e. The van der Waals surface area contributed by atoms with E-state index in [1.807, 2.05) is 60.7 Å². The highest BCUT2D eigenvalue weighted by molar-refractivity contribution is 7.89. The molecule has 48 heavy (non-hydrogen) atoms. The Morgan fingerprint density at radius 3 is 2.19 bits per heavy atom. The molecule has 4 aromatic carbocycles. The Bertz CT molecular complexity index is 1750. The third-order valence-electron chi connectivity index (χ3n) is 9.47. The molecule has 4 aromatic rings. The third-order valence-corrected chi connectivity index (χ3v) is 10.9. The number of sulfonamides is 1. The van der Waals surface area contributed by atoms with Gasteiger partial charge in [0.25, 0.3) is 0 Å². The smallest absolute Gasteiger partial charge is 0.240 e. The molecule has 0 amide bonds. The van der Waals surface area contributed by atoms with Crippen molar-refractivity contribution in [3.05, 3.63) is 125 Å². The summed E-state index contributed by atoms with van der Waals surface area (Å²) < 4.78 is 53.2. The van der Waals surface area contributed by atoms with Crippen LogP contribution in [-0.4, -0.2) is 63.2 Å². The van der Waals surface area contributed by atoms with E-state index >= 15 is 0 Å². The van der Waals surface area contributed by atoms with E-state index in [1.54, 1.807) is 30.3 Å². The van der Waals surface area contributed by atoms with Gasteiger partial charge in [0.1, 0.15) is 0 Å². The third kappa shape index (κ3) is 7.72. The maximum Gasteiger partial charge on any atom is 0.240 e. The van der Waals surface area contributed by atoms with Gasteiger partial charge < -0.3 is 29.0 Å². The molecule has 3 aliphatic heterocycles. The van der Waals surface area contributed by atoms with Crippen molar-refractivity contribution in [2.45, 2.75) is 61.6 Å². The van der Waals surface area contributed by atoms with Crippen molar-refractivity contribution in [3.8, 4) is 11.1 Å². The first kappa shape index (κ1) is 33.1. The van der Waals surface area contributed by atoms with Crippen molar-refractivity contribution in [2.24, 2.45) is 0 Å². The average molecular weight is 671 g/mol. The Morgan fingerprint density at radius 2 is 1.48 bits per heavy atom. The predicted octanol–water partition coefficient (Wildman–Crippen LogP) is 5.71. The van der Waals surface area contributed by atoms with Gasteiger partial charge in [-0.3, -0.25) is 0 Å². The summed E-state index contributed by atoms with van der Waals surface area (Å²) in [6.45, 7) is 4.10. The molecule has 0 bridgehead atoms. The van der Waals surface area contributed by atoms with E-state index in [2.05, 4.69) is 21.8 Å². The molecular formula is C38H42N2O7S. The van der Waals surface area contributed by atoms with Gasteiger partial charge in [-0.15, -0.1) is 0 Å². The maximum atomic E-state index is 12.7. The second-order valence-corrected chi connectivity index (χ2v) is 14.5. The molecule has 252 valence electrons. The van der Waals surface area contributed by atoms with E-state index in [4.69, 9.17) is 18.9 Å². The van der Waals surface area contributed by atoms with E-state index < -0.39 is 22.1 Å².